The smallest absolute Gasteiger partial charge is 0.324 e. The van der Waals surface area contributed by atoms with Gasteiger partial charge < -0.3 is 14.6 Å². The third kappa shape index (κ3) is 4.80. The molecule has 2 aromatic rings. The first-order valence-corrected chi connectivity index (χ1v) is 9.90. The van der Waals surface area contributed by atoms with E-state index in [1.165, 1.54) is 28.1 Å². The minimum Gasteiger partial charge on any atom is -0.422 e. The molecule has 0 amide bonds. The number of ether oxygens (including phenoxy) is 2. The van der Waals surface area contributed by atoms with Gasteiger partial charge >= 0.3 is 11.9 Å². The molecule has 0 aromatic heterocycles. The van der Waals surface area contributed by atoms with Gasteiger partial charge in [-0.05, 0) is 17.7 Å². The van der Waals surface area contributed by atoms with Gasteiger partial charge in [0.25, 0.3) is 5.79 Å². The second-order valence-corrected chi connectivity index (χ2v) is 7.63. The highest BCUT2D eigenvalue weighted by molar-refractivity contribution is 6.07. The molecule has 1 aliphatic rings. The van der Waals surface area contributed by atoms with Crippen LogP contribution in [0.3, 0.4) is 0 Å². The molecular formula is C23H25NO8. The van der Waals surface area contributed by atoms with E-state index in [0.717, 1.165) is 5.23 Å². The summed E-state index contributed by atoms with van der Waals surface area (Å²) in [4.78, 5) is 48.9. The van der Waals surface area contributed by atoms with Crippen LogP contribution in [0, 0.1) is 11.8 Å². The summed E-state index contributed by atoms with van der Waals surface area (Å²) in [6.07, 6.45) is -1.50. The van der Waals surface area contributed by atoms with Crippen molar-refractivity contribution in [2.75, 3.05) is 19.4 Å². The monoisotopic (exact) mass is 443 g/mol. The Labute approximate surface area is 185 Å². The lowest BCUT2D eigenvalue weighted by Gasteiger charge is -2.36. The molecule has 0 saturated carbocycles. The predicted octanol–water partition coefficient (Wildman–Crippen LogP) is 2.60. The van der Waals surface area contributed by atoms with E-state index in [2.05, 4.69) is 0 Å². The third-order valence-corrected chi connectivity index (χ3v) is 5.04. The zero-order chi connectivity index (χ0) is 23.5. The van der Waals surface area contributed by atoms with E-state index >= 15 is 0 Å². The molecule has 9 heteroatoms. The third-order valence-electron chi connectivity index (χ3n) is 5.04. The molecule has 9 nitrogen and oxygen atoms in total. The molecule has 0 aliphatic carbocycles. The van der Waals surface area contributed by atoms with Crippen LogP contribution in [0.2, 0.25) is 0 Å². The number of nitrogens with zero attached hydrogens (tertiary/aromatic N) is 1. The van der Waals surface area contributed by atoms with Crippen LogP contribution >= 0.6 is 0 Å². The van der Waals surface area contributed by atoms with E-state index in [1.54, 1.807) is 54.6 Å². The number of Topliss-reactive ketones (excluding diaryl/α,β-unsaturated/α-hetero) is 1. The van der Waals surface area contributed by atoms with Crippen LogP contribution in [0.5, 0.6) is 0 Å². The zero-order valence-corrected chi connectivity index (χ0v) is 18.2. The number of esters is 2. The number of anilines is 1. The Kier molecular flexibility index (Phi) is 6.93. The van der Waals surface area contributed by atoms with Gasteiger partial charge in [-0.15, -0.1) is 5.23 Å². The van der Waals surface area contributed by atoms with Crippen LogP contribution in [-0.2, 0) is 28.7 Å². The molecule has 1 saturated heterocycles. The predicted molar refractivity (Wildman–Crippen MR) is 112 cm³/mol. The second kappa shape index (κ2) is 9.47. The topological polar surface area (TPSA) is 112 Å². The van der Waals surface area contributed by atoms with Crippen molar-refractivity contribution in [2.24, 2.45) is 11.8 Å². The van der Waals surface area contributed by atoms with Crippen LogP contribution in [0.25, 0.3) is 0 Å². The summed E-state index contributed by atoms with van der Waals surface area (Å²) in [5, 5.41) is 12.3. The van der Waals surface area contributed by atoms with Crippen LogP contribution in [0.15, 0.2) is 54.6 Å². The molecule has 0 spiro atoms. The average molecular weight is 443 g/mol. The highest BCUT2D eigenvalue weighted by Crippen LogP contribution is 2.37. The quantitative estimate of drug-likeness (QED) is 0.285. The fourth-order valence-corrected chi connectivity index (χ4v) is 3.58. The number of rotatable bonds is 8. The molecule has 1 fully saturated rings. The molecule has 2 atom stereocenters. The summed E-state index contributed by atoms with van der Waals surface area (Å²) in [7, 11) is 2.84. The molecule has 32 heavy (non-hydrogen) atoms. The van der Waals surface area contributed by atoms with Crippen molar-refractivity contribution in [3.63, 3.8) is 0 Å². The first kappa shape index (κ1) is 23.4. The molecule has 0 bridgehead atoms. The lowest BCUT2D eigenvalue weighted by atomic mass is 9.78. The maximum Gasteiger partial charge on any atom is 0.324 e. The first-order chi connectivity index (χ1) is 15.2. The summed E-state index contributed by atoms with van der Waals surface area (Å²) < 4.78 is 10.4. The molecule has 0 radical (unpaired) electrons. The Balaban J connectivity index is 2.00. The number of hydrogen-bond donors (Lipinski definition) is 1. The van der Waals surface area contributed by atoms with Crippen molar-refractivity contribution >= 4 is 23.4 Å². The average Bonchev–Trinajstić information content (AvgIpc) is 2.76. The van der Waals surface area contributed by atoms with Gasteiger partial charge in [-0.3, -0.25) is 24.1 Å². The van der Waals surface area contributed by atoms with Crippen molar-refractivity contribution < 1.29 is 38.6 Å². The van der Waals surface area contributed by atoms with E-state index in [4.69, 9.17) is 19.1 Å². The van der Waals surface area contributed by atoms with Gasteiger partial charge in [0.2, 0.25) is 0 Å². The van der Waals surface area contributed by atoms with Gasteiger partial charge in [0.1, 0.15) is 0 Å². The number of carbonyl (C=O) groups excluding carboxylic acids is 3. The Morgan fingerprint density at radius 2 is 1.50 bits per heavy atom. The molecule has 2 aromatic carbocycles. The molecule has 170 valence electrons. The van der Waals surface area contributed by atoms with Crippen LogP contribution in [0.1, 0.15) is 35.9 Å². The van der Waals surface area contributed by atoms with Gasteiger partial charge in [0.15, 0.2) is 11.7 Å². The maximum atomic E-state index is 13.4. The van der Waals surface area contributed by atoms with Crippen molar-refractivity contribution in [1.29, 1.82) is 0 Å². The summed E-state index contributed by atoms with van der Waals surface area (Å²) in [6, 6.07) is 14.4. The summed E-state index contributed by atoms with van der Waals surface area (Å²) in [6.45, 7) is 2.83. The number of carbonyl (C=O) groups is 3. The van der Waals surface area contributed by atoms with E-state index in [0.29, 0.717) is 11.3 Å². The van der Waals surface area contributed by atoms with Crippen molar-refractivity contribution in [3.05, 3.63) is 65.7 Å². The van der Waals surface area contributed by atoms with Gasteiger partial charge in [0.05, 0.1) is 31.9 Å². The van der Waals surface area contributed by atoms with Crippen LogP contribution < -0.4 is 5.23 Å². The zero-order valence-electron chi connectivity index (χ0n) is 18.2. The first-order valence-electron chi connectivity index (χ1n) is 9.90. The number of aliphatic hydroxyl groups excluding tert-OH is 1. The minimum atomic E-state index is -1.63. The number of benzene rings is 2. The lowest BCUT2D eigenvalue weighted by Crippen LogP contribution is -2.51. The molecule has 1 N–H and O–H groups in total. The van der Waals surface area contributed by atoms with Gasteiger partial charge in [-0.25, -0.2) is 0 Å². The Morgan fingerprint density at radius 3 is 2.00 bits per heavy atom. The Morgan fingerprint density at radius 1 is 0.969 bits per heavy atom. The molecule has 1 aliphatic heterocycles. The molecular weight excluding hydrogens is 418 g/mol. The lowest BCUT2D eigenvalue weighted by molar-refractivity contribution is -0.243. The van der Waals surface area contributed by atoms with Crippen LogP contribution in [0.4, 0.5) is 5.69 Å². The standard InChI is InChI=1S/C23H25NO8/c1-23(2)31-21(27)18(22(28)32-23)17(19(25)14-8-6-5-7-9-14)20(26)15-10-12-16(13-11-15)24(29-3)30-4/h5-13,17-18,20,26H,1-4H3/t17-,20+/m1/s1. The largest absolute Gasteiger partial charge is 0.422 e. The fraction of sp³-hybridized carbons (Fsp3) is 0.348. The Bertz CT molecular complexity index is 949. The van der Waals surface area contributed by atoms with Gasteiger partial charge in [-0.1, -0.05) is 42.5 Å². The highest BCUT2D eigenvalue weighted by Gasteiger charge is 2.52. The van der Waals surface area contributed by atoms with Crippen LogP contribution in [-0.4, -0.2) is 42.8 Å². The molecule has 0 unspecified atom stereocenters. The summed E-state index contributed by atoms with van der Waals surface area (Å²) >= 11 is 0. The second-order valence-electron chi connectivity index (χ2n) is 7.63. The van der Waals surface area contributed by atoms with Gasteiger partial charge in [-0.2, -0.15) is 0 Å². The highest BCUT2D eigenvalue weighted by atomic mass is 16.9. The van der Waals surface area contributed by atoms with Crippen molar-refractivity contribution in [1.82, 2.24) is 0 Å². The van der Waals surface area contributed by atoms with Crippen molar-refractivity contribution in [2.45, 2.75) is 25.7 Å². The Hall–Kier alpha value is -3.27. The number of hydrogen-bond acceptors (Lipinski definition) is 9. The minimum absolute atomic E-state index is 0.239. The van der Waals surface area contributed by atoms with E-state index in [9.17, 15) is 19.5 Å². The molecule has 1 heterocycles. The van der Waals surface area contributed by atoms with Gasteiger partial charge in [0, 0.05) is 19.4 Å². The van der Waals surface area contributed by atoms with E-state index < -0.39 is 41.4 Å². The van der Waals surface area contributed by atoms with E-state index in [-0.39, 0.29) is 5.56 Å². The SMILES string of the molecule is CON(OC)c1ccc([C@H](O)[C@@H](C(=O)c2ccccc2)C2C(=O)OC(C)(C)OC2=O)cc1. The molecule has 3 rings (SSSR count). The number of aliphatic hydroxyl groups is 1. The maximum absolute atomic E-state index is 13.4. The number of ketones is 1. The van der Waals surface area contributed by atoms with E-state index in [1.807, 2.05) is 0 Å². The fourth-order valence-electron chi connectivity index (χ4n) is 3.58. The normalized spacial score (nSPS) is 17.8. The van der Waals surface area contributed by atoms with Crippen molar-refractivity contribution in [3.8, 4) is 0 Å². The summed E-state index contributed by atoms with van der Waals surface area (Å²) in [5.41, 5.74) is 1.07. The number of cyclic esters (lactones) is 2. The summed E-state index contributed by atoms with van der Waals surface area (Å²) in [5.74, 6) is -6.99.